The van der Waals surface area contributed by atoms with E-state index in [1.54, 1.807) is 25.3 Å². The summed E-state index contributed by atoms with van der Waals surface area (Å²) in [6.07, 6.45) is 0.432. The van der Waals surface area contributed by atoms with Crippen LogP contribution in [0.3, 0.4) is 0 Å². The summed E-state index contributed by atoms with van der Waals surface area (Å²) in [5, 5.41) is 16.4. The third-order valence-corrected chi connectivity index (χ3v) is 2.67. The summed E-state index contributed by atoms with van der Waals surface area (Å²) in [5.41, 5.74) is 0.699. The predicted molar refractivity (Wildman–Crippen MR) is 74.6 cm³/mol. The minimum Gasteiger partial charge on any atom is -0.383 e. The zero-order valence-corrected chi connectivity index (χ0v) is 11.4. The molecule has 2 N–H and O–H groups in total. The molecule has 1 rings (SSSR count). The van der Waals surface area contributed by atoms with Crippen LogP contribution in [0.1, 0.15) is 5.56 Å². The minimum absolute atomic E-state index is 0.0833. The fraction of sp³-hybridized carbons (Fsp3) is 0.462. The highest BCUT2D eigenvalue weighted by Gasteiger charge is 2.11. The molecule has 1 aromatic carbocycles. The fourth-order valence-corrected chi connectivity index (χ4v) is 1.68. The van der Waals surface area contributed by atoms with E-state index in [2.05, 4.69) is 10.6 Å². The van der Waals surface area contributed by atoms with Crippen molar-refractivity contribution in [1.29, 1.82) is 0 Å². The second-order valence-corrected chi connectivity index (χ2v) is 4.16. The van der Waals surface area contributed by atoms with Gasteiger partial charge in [0.1, 0.15) is 0 Å². The number of methoxy groups -OCH3 is 1. The van der Waals surface area contributed by atoms with E-state index in [-0.39, 0.29) is 18.1 Å². The quantitative estimate of drug-likeness (QED) is 0.390. The van der Waals surface area contributed by atoms with E-state index in [4.69, 9.17) is 4.74 Å². The van der Waals surface area contributed by atoms with Crippen molar-refractivity contribution in [1.82, 2.24) is 10.6 Å². The number of para-hydroxylation sites is 1. The lowest BCUT2D eigenvalue weighted by atomic mass is 10.1. The van der Waals surface area contributed by atoms with Gasteiger partial charge in [-0.05, 0) is 6.42 Å². The molecule has 7 nitrogen and oxygen atoms in total. The number of carbonyl (C=O) groups excluding carboxylic acids is 1. The molecule has 0 atom stereocenters. The first-order valence-electron chi connectivity index (χ1n) is 6.33. The molecule has 0 bridgehead atoms. The zero-order chi connectivity index (χ0) is 14.8. The van der Waals surface area contributed by atoms with Crippen molar-refractivity contribution in [3.05, 3.63) is 39.9 Å². The first kappa shape index (κ1) is 16.1. The molecule has 0 spiro atoms. The molecule has 0 saturated heterocycles. The number of amides is 1. The van der Waals surface area contributed by atoms with Gasteiger partial charge in [0.25, 0.3) is 5.69 Å². The second kappa shape index (κ2) is 9.00. The highest BCUT2D eigenvalue weighted by molar-refractivity contribution is 5.77. The van der Waals surface area contributed by atoms with Crippen molar-refractivity contribution in [2.24, 2.45) is 0 Å². The molecular formula is C13H19N3O4. The summed E-state index contributed by atoms with van der Waals surface area (Å²) in [6.45, 7) is 1.73. The number of benzene rings is 1. The number of hydrogen-bond acceptors (Lipinski definition) is 5. The van der Waals surface area contributed by atoms with Crippen molar-refractivity contribution in [3.63, 3.8) is 0 Å². The van der Waals surface area contributed by atoms with E-state index in [0.29, 0.717) is 31.7 Å². The van der Waals surface area contributed by atoms with Crippen LogP contribution in [0.4, 0.5) is 5.69 Å². The highest BCUT2D eigenvalue weighted by atomic mass is 16.6. The van der Waals surface area contributed by atoms with Crippen molar-refractivity contribution >= 4 is 11.6 Å². The lowest BCUT2D eigenvalue weighted by Crippen LogP contribution is -2.36. The van der Waals surface area contributed by atoms with Crippen LogP contribution in [0.15, 0.2) is 24.3 Å². The summed E-state index contributed by atoms with van der Waals surface area (Å²) in [5.74, 6) is -0.139. The highest BCUT2D eigenvalue weighted by Crippen LogP contribution is 2.17. The molecule has 0 saturated carbocycles. The van der Waals surface area contributed by atoms with Crippen LogP contribution in [0.5, 0.6) is 0 Å². The predicted octanol–water partition coefficient (Wildman–Crippen LogP) is 0.490. The van der Waals surface area contributed by atoms with Crippen molar-refractivity contribution < 1.29 is 14.5 Å². The Morgan fingerprint density at radius 3 is 2.80 bits per heavy atom. The summed E-state index contributed by atoms with van der Waals surface area (Å²) in [4.78, 5) is 21.9. The van der Waals surface area contributed by atoms with Crippen LogP contribution < -0.4 is 10.6 Å². The molecule has 0 aliphatic carbocycles. The van der Waals surface area contributed by atoms with Crippen LogP contribution in [0.2, 0.25) is 0 Å². The Kier molecular flexibility index (Phi) is 7.23. The lowest BCUT2D eigenvalue weighted by molar-refractivity contribution is -0.385. The number of rotatable bonds is 9. The van der Waals surface area contributed by atoms with E-state index in [1.807, 2.05) is 0 Å². The van der Waals surface area contributed by atoms with Gasteiger partial charge < -0.3 is 15.4 Å². The van der Waals surface area contributed by atoms with E-state index in [9.17, 15) is 14.9 Å². The smallest absolute Gasteiger partial charge is 0.272 e. The maximum atomic E-state index is 11.5. The molecule has 0 unspecified atom stereocenters. The maximum Gasteiger partial charge on any atom is 0.272 e. The molecule has 110 valence electrons. The van der Waals surface area contributed by atoms with Gasteiger partial charge in [0.05, 0.1) is 18.1 Å². The monoisotopic (exact) mass is 281 g/mol. The Morgan fingerprint density at radius 1 is 1.35 bits per heavy atom. The number of nitro benzene ring substituents is 1. The molecule has 0 aromatic heterocycles. The molecule has 0 aliphatic heterocycles. The van der Waals surface area contributed by atoms with Crippen LogP contribution in [-0.4, -0.2) is 44.2 Å². The van der Waals surface area contributed by atoms with E-state index < -0.39 is 4.92 Å². The largest absolute Gasteiger partial charge is 0.383 e. The normalized spacial score (nSPS) is 10.2. The van der Waals surface area contributed by atoms with Crippen molar-refractivity contribution in [2.75, 3.05) is 33.4 Å². The SMILES string of the molecule is COCCNCC(=O)NCCc1ccccc1[N+](=O)[O-]. The average molecular weight is 281 g/mol. The molecule has 0 fully saturated rings. The van der Waals surface area contributed by atoms with Gasteiger partial charge >= 0.3 is 0 Å². The molecule has 20 heavy (non-hydrogen) atoms. The second-order valence-electron chi connectivity index (χ2n) is 4.16. The van der Waals surface area contributed by atoms with Crippen LogP contribution in [0, 0.1) is 10.1 Å². The number of nitrogens with one attached hydrogen (secondary N) is 2. The molecule has 0 radical (unpaired) electrons. The minimum atomic E-state index is -0.413. The van der Waals surface area contributed by atoms with Gasteiger partial charge in [-0.2, -0.15) is 0 Å². The lowest BCUT2D eigenvalue weighted by Gasteiger charge is -2.07. The van der Waals surface area contributed by atoms with Gasteiger partial charge in [-0.3, -0.25) is 14.9 Å². The Morgan fingerprint density at radius 2 is 2.10 bits per heavy atom. The Labute approximate surface area is 117 Å². The maximum absolute atomic E-state index is 11.5. The Balaban J connectivity index is 2.30. The third kappa shape index (κ3) is 5.77. The van der Waals surface area contributed by atoms with Gasteiger partial charge in [-0.25, -0.2) is 0 Å². The number of hydrogen-bond donors (Lipinski definition) is 2. The molecule has 7 heteroatoms. The standard InChI is InChI=1S/C13H19N3O4/c1-20-9-8-14-10-13(17)15-7-6-11-4-2-3-5-12(11)16(18)19/h2-5,14H,6-10H2,1H3,(H,15,17). The van der Waals surface area contributed by atoms with Crippen molar-refractivity contribution in [3.8, 4) is 0 Å². The summed E-state index contributed by atoms with van der Waals surface area (Å²) in [6, 6.07) is 6.53. The molecule has 0 heterocycles. The summed E-state index contributed by atoms with van der Waals surface area (Å²) >= 11 is 0. The topological polar surface area (TPSA) is 93.5 Å². The first-order valence-corrected chi connectivity index (χ1v) is 6.33. The number of nitro groups is 1. The average Bonchev–Trinajstić information content (AvgIpc) is 2.44. The zero-order valence-electron chi connectivity index (χ0n) is 11.4. The Hall–Kier alpha value is -1.99. The van der Waals surface area contributed by atoms with Gasteiger partial charge in [0.2, 0.25) is 5.91 Å². The van der Waals surface area contributed by atoms with Gasteiger partial charge in [0.15, 0.2) is 0 Å². The molecule has 1 aromatic rings. The molecule has 0 aliphatic rings. The van der Waals surface area contributed by atoms with E-state index >= 15 is 0 Å². The number of nitrogens with zero attached hydrogens (tertiary/aromatic N) is 1. The van der Waals surface area contributed by atoms with Crippen LogP contribution >= 0.6 is 0 Å². The van der Waals surface area contributed by atoms with Gasteiger partial charge in [-0.15, -0.1) is 0 Å². The first-order chi connectivity index (χ1) is 9.65. The van der Waals surface area contributed by atoms with Gasteiger partial charge in [0, 0.05) is 31.8 Å². The van der Waals surface area contributed by atoms with E-state index in [1.165, 1.54) is 6.07 Å². The van der Waals surface area contributed by atoms with Crippen LogP contribution in [-0.2, 0) is 16.0 Å². The number of carbonyl (C=O) groups is 1. The van der Waals surface area contributed by atoms with Gasteiger partial charge in [-0.1, -0.05) is 18.2 Å². The molecule has 1 amide bonds. The third-order valence-electron chi connectivity index (χ3n) is 2.67. The van der Waals surface area contributed by atoms with Crippen molar-refractivity contribution in [2.45, 2.75) is 6.42 Å². The Bertz CT molecular complexity index is 451. The number of ether oxygens (including phenoxy) is 1. The summed E-state index contributed by atoms with van der Waals surface area (Å²) < 4.78 is 4.84. The van der Waals surface area contributed by atoms with E-state index in [0.717, 1.165) is 0 Å². The molecular weight excluding hydrogens is 262 g/mol. The van der Waals surface area contributed by atoms with Crippen LogP contribution in [0.25, 0.3) is 0 Å². The fourth-order valence-electron chi connectivity index (χ4n) is 1.68. The summed E-state index contributed by atoms with van der Waals surface area (Å²) in [7, 11) is 1.59.